The highest BCUT2D eigenvalue weighted by atomic mass is 19.1. The molecule has 1 amide bonds. The SMILES string of the molecule is Cc1nc(C)c(-c2ccc3c(c2)CCN(Cc2ccc(F)cc2)C3=O)c(N2CCC(C)(C)CC2)c1CC(=O)O. The maximum absolute atomic E-state index is 13.4. The fraction of sp³-hybridized carbons (Fsp3) is 0.406. The Bertz CT molecular complexity index is 1420. The summed E-state index contributed by atoms with van der Waals surface area (Å²) < 4.78 is 13.3. The molecule has 2 aliphatic rings. The third kappa shape index (κ3) is 5.54. The number of carboxylic acid groups (broad SMARTS) is 1. The van der Waals surface area contributed by atoms with Gasteiger partial charge in [0.1, 0.15) is 5.82 Å². The summed E-state index contributed by atoms with van der Waals surface area (Å²) in [5.41, 5.74) is 8.09. The molecule has 0 aliphatic carbocycles. The van der Waals surface area contributed by atoms with Crippen LogP contribution in [0.2, 0.25) is 0 Å². The third-order valence-corrected chi connectivity index (χ3v) is 8.27. The van der Waals surface area contributed by atoms with Crippen molar-refractivity contribution in [3.63, 3.8) is 0 Å². The van der Waals surface area contributed by atoms with Crippen LogP contribution < -0.4 is 4.90 Å². The molecule has 0 bridgehead atoms. The molecule has 2 aliphatic heterocycles. The average molecular weight is 530 g/mol. The van der Waals surface area contributed by atoms with E-state index < -0.39 is 5.97 Å². The number of anilines is 1. The summed E-state index contributed by atoms with van der Waals surface area (Å²) >= 11 is 0. The lowest BCUT2D eigenvalue weighted by Crippen LogP contribution is -2.38. The summed E-state index contributed by atoms with van der Waals surface area (Å²) in [5, 5.41) is 9.75. The highest BCUT2D eigenvalue weighted by Crippen LogP contribution is 2.42. The Morgan fingerprint density at radius 2 is 1.72 bits per heavy atom. The monoisotopic (exact) mass is 529 g/mol. The van der Waals surface area contributed by atoms with Crippen molar-refractivity contribution in [3.8, 4) is 11.1 Å². The van der Waals surface area contributed by atoms with Crippen molar-refractivity contribution in [1.29, 1.82) is 0 Å². The molecule has 1 N–H and O–H groups in total. The van der Waals surface area contributed by atoms with E-state index in [0.29, 0.717) is 25.1 Å². The zero-order valence-corrected chi connectivity index (χ0v) is 23.2. The fourth-order valence-electron chi connectivity index (χ4n) is 5.91. The number of hydrogen-bond acceptors (Lipinski definition) is 4. The standard InChI is InChI=1S/C32H36FN3O3/c1-20-27(18-28(37)38)30(35-15-12-32(3,4)13-16-35)29(21(2)34-20)24-7-10-26-23(17-24)11-14-36(31(26)39)19-22-5-8-25(33)9-6-22/h5-10,17H,11-16,18-19H2,1-4H3,(H,37,38). The van der Waals surface area contributed by atoms with Crippen LogP contribution in [0.1, 0.15) is 65.1 Å². The Morgan fingerprint density at radius 1 is 1.03 bits per heavy atom. The minimum Gasteiger partial charge on any atom is -0.481 e. The third-order valence-electron chi connectivity index (χ3n) is 8.27. The van der Waals surface area contributed by atoms with Crippen LogP contribution in [0.3, 0.4) is 0 Å². The van der Waals surface area contributed by atoms with E-state index in [-0.39, 0.29) is 23.6 Å². The number of aliphatic carboxylic acids is 1. The van der Waals surface area contributed by atoms with Crippen molar-refractivity contribution in [1.82, 2.24) is 9.88 Å². The molecule has 2 aromatic carbocycles. The first-order valence-electron chi connectivity index (χ1n) is 13.7. The predicted octanol–water partition coefficient (Wildman–Crippen LogP) is 5.96. The average Bonchev–Trinajstić information content (AvgIpc) is 2.88. The van der Waals surface area contributed by atoms with Gasteiger partial charge in [0, 0.05) is 54.3 Å². The zero-order valence-electron chi connectivity index (χ0n) is 23.2. The largest absolute Gasteiger partial charge is 0.481 e. The van der Waals surface area contributed by atoms with Crippen LogP contribution in [-0.4, -0.2) is 46.5 Å². The predicted molar refractivity (Wildman–Crippen MR) is 151 cm³/mol. The minimum atomic E-state index is -0.870. The van der Waals surface area contributed by atoms with Crippen LogP contribution >= 0.6 is 0 Å². The van der Waals surface area contributed by atoms with E-state index in [2.05, 4.69) is 24.8 Å². The van der Waals surface area contributed by atoms with Crippen molar-refractivity contribution in [3.05, 3.63) is 81.9 Å². The van der Waals surface area contributed by atoms with Crippen LogP contribution in [0.4, 0.5) is 10.1 Å². The van der Waals surface area contributed by atoms with Gasteiger partial charge in [-0.25, -0.2) is 4.39 Å². The Balaban J connectivity index is 1.52. The van der Waals surface area contributed by atoms with E-state index in [1.165, 1.54) is 12.1 Å². The second-order valence-electron chi connectivity index (χ2n) is 11.7. The maximum Gasteiger partial charge on any atom is 0.307 e. The van der Waals surface area contributed by atoms with Gasteiger partial charge in [-0.05, 0) is 73.4 Å². The Kier molecular flexibility index (Phi) is 7.19. The first-order chi connectivity index (χ1) is 18.5. The normalized spacial score (nSPS) is 16.8. The number of pyridine rings is 1. The summed E-state index contributed by atoms with van der Waals surface area (Å²) in [4.78, 5) is 34.2. The first-order valence-corrected chi connectivity index (χ1v) is 13.7. The molecular weight excluding hydrogens is 493 g/mol. The van der Waals surface area contributed by atoms with Gasteiger partial charge in [0.2, 0.25) is 0 Å². The van der Waals surface area contributed by atoms with Crippen molar-refractivity contribution in [2.75, 3.05) is 24.5 Å². The number of carbonyl (C=O) groups is 2. The van der Waals surface area contributed by atoms with E-state index in [1.54, 1.807) is 17.0 Å². The summed E-state index contributed by atoms with van der Waals surface area (Å²) in [7, 11) is 0. The number of halogens is 1. The van der Waals surface area contributed by atoms with E-state index in [1.807, 2.05) is 26.0 Å². The minimum absolute atomic E-state index is 0.0315. The van der Waals surface area contributed by atoms with Crippen molar-refractivity contribution < 1.29 is 19.1 Å². The number of nitrogens with zero attached hydrogens (tertiary/aromatic N) is 3. The highest BCUT2D eigenvalue weighted by Gasteiger charge is 2.31. The van der Waals surface area contributed by atoms with Gasteiger partial charge in [-0.15, -0.1) is 0 Å². The second-order valence-corrected chi connectivity index (χ2v) is 11.7. The number of carboxylic acids is 1. The van der Waals surface area contributed by atoms with Gasteiger partial charge in [0.15, 0.2) is 0 Å². The molecule has 7 heteroatoms. The number of rotatable bonds is 6. The first kappa shape index (κ1) is 26.9. The van der Waals surface area contributed by atoms with Crippen molar-refractivity contribution >= 4 is 17.6 Å². The number of aromatic nitrogens is 1. The zero-order chi connectivity index (χ0) is 27.9. The Hall–Kier alpha value is -3.74. The van der Waals surface area contributed by atoms with Crippen molar-refractivity contribution in [2.45, 2.75) is 59.9 Å². The molecule has 39 heavy (non-hydrogen) atoms. The summed E-state index contributed by atoms with van der Waals surface area (Å²) in [6.07, 6.45) is 2.69. The summed E-state index contributed by atoms with van der Waals surface area (Å²) in [5.74, 6) is -1.19. The summed E-state index contributed by atoms with van der Waals surface area (Å²) in [6, 6.07) is 12.2. The van der Waals surface area contributed by atoms with Crippen LogP contribution in [0, 0.1) is 25.1 Å². The molecule has 0 saturated carbocycles. The van der Waals surface area contributed by atoms with Crippen LogP contribution in [0.25, 0.3) is 11.1 Å². The molecule has 0 atom stereocenters. The summed E-state index contributed by atoms with van der Waals surface area (Å²) in [6.45, 7) is 11.2. The molecule has 3 heterocycles. The second kappa shape index (κ2) is 10.4. The van der Waals surface area contributed by atoms with Gasteiger partial charge in [0.25, 0.3) is 5.91 Å². The number of benzene rings is 2. The van der Waals surface area contributed by atoms with E-state index in [4.69, 9.17) is 4.98 Å². The van der Waals surface area contributed by atoms with Crippen LogP contribution in [-0.2, 0) is 24.2 Å². The van der Waals surface area contributed by atoms with E-state index in [9.17, 15) is 19.1 Å². The van der Waals surface area contributed by atoms with Gasteiger partial charge in [-0.3, -0.25) is 14.6 Å². The van der Waals surface area contributed by atoms with E-state index >= 15 is 0 Å². The number of amides is 1. The highest BCUT2D eigenvalue weighted by molar-refractivity contribution is 5.98. The molecule has 0 unspecified atom stereocenters. The lowest BCUT2D eigenvalue weighted by molar-refractivity contribution is -0.136. The molecule has 1 saturated heterocycles. The van der Waals surface area contributed by atoms with Gasteiger partial charge in [-0.2, -0.15) is 0 Å². The molecular formula is C32H36FN3O3. The Morgan fingerprint density at radius 3 is 2.38 bits per heavy atom. The topological polar surface area (TPSA) is 73.7 Å². The van der Waals surface area contributed by atoms with Crippen molar-refractivity contribution in [2.24, 2.45) is 5.41 Å². The molecule has 3 aromatic rings. The van der Waals surface area contributed by atoms with Gasteiger partial charge in [0.05, 0.1) is 12.1 Å². The molecule has 5 rings (SSSR count). The quantitative estimate of drug-likeness (QED) is 0.427. The molecule has 0 spiro atoms. The smallest absolute Gasteiger partial charge is 0.307 e. The van der Waals surface area contributed by atoms with Gasteiger partial charge in [-0.1, -0.05) is 38.1 Å². The number of fused-ring (bicyclic) bond motifs is 1. The number of piperidine rings is 1. The van der Waals surface area contributed by atoms with Gasteiger partial charge < -0.3 is 14.9 Å². The van der Waals surface area contributed by atoms with E-state index in [0.717, 1.165) is 70.8 Å². The van der Waals surface area contributed by atoms with Crippen LogP contribution in [0.5, 0.6) is 0 Å². The van der Waals surface area contributed by atoms with Crippen LogP contribution in [0.15, 0.2) is 42.5 Å². The number of aryl methyl sites for hydroxylation is 2. The lowest BCUT2D eigenvalue weighted by Gasteiger charge is -2.40. The molecule has 6 nitrogen and oxygen atoms in total. The number of carbonyl (C=O) groups excluding carboxylic acids is 1. The molecule has 204 valence electrons. The fourth-order valence-corrected chi connectivity index (χ4v) is 5.91. The molecule has 1 aromatic heterocycles. The van der Waals surface area contributed by atoms with Gasteiger partial charge >= 0.3 is 5.97 Å². The maximum atomic E-state index is 13.4. The lowest BCUT2D eigenvalue weighted by atomic mass is 9.82. The molecule has 1 fully saturated rings. The Labute approximate surface area is 229 Å². The number of hydrogen-bond donors (Lipinski definition) is 1. The molecule has 0 radical (unpaired) electrons.